The molecule has 0 radical (unpaired) electrons. The average molecular weight is 288 g/mol. The molecule has 0 bridgehead atoms. The van der Waals surface area contributed by atoms with E-state index in [1.54, 1.807) is 18.6 Å². The van der Waals surface area contributed by atoms with Crippen LogP contribution in [-0.2, 0) is 11.4 Å². The number of nitrogen functional groups attached to an aromatic ring is 1. The molecule has 0 spiro atoms. The molecule has 1 aliphatic rings. The quantitative estimate of drug-likeness (QED) is 0.559. The van der Waals surface area contributed by atoms with Crippen molar-refractivity contribution >= 4 is 17.0 Å². The summed E-state index contributed by atoms with van der Waals surface area (Å²) in [4.78, 5) is 8.46. The molecule has 1 aliphatic heterocycles. The Morgan fingerprint density at radius 3 is 3.14 bits per heavy atom. The molecule has 1 atom stereocenters. The molecule has 4 N–H and O–H groups in total. The minimum atomic E-state index is 0.0276. The smallest absolute Gasteiger partial charge is 0.178 e. The Balaban J connectivity index is 1.70. The molecule has 1 fully saturated rings. The van der Waals surface area contributed by atoms with Gasteiger partial charge >= 0.3 is 0 Å². The number of imidazole rings is 1. The van der Waals surface area contributed by atoms with E-state index in [0.29, 0.717) is 24.0 Å². The van der Waals surface area contributed by atoms with Gasteiger partial charge in [0.1, 0.15) is 5.84 Å². The van der Waals surface area contributed by atoms with Crippen LogP contribution in [-0.4, -0.2) is 39.6 Å². The fourth-order valence-electron chi connectivity index (χ4n) is 2.65. The first-order valence-electron chi connectivity index (χ1n) is 7.22. The second-order valence-electron chi connectivity index (χ2n) is 5.26. The third-order valence-electron chi connectivity index (χ3n) is 3.73. The number of nitrogens with zero attached hydrogens (tertiary/aromatic N) is 3. The lowest BCUT2D eigenvalue weighted by Gasteiger charge is -2.23. The van der Waals surface area contributed by atoms with Crippen LogP contribution in [0.3, 0.4) is 0 Å². The maximum Gasteiger partial charge on any atom is 0.178 e. The van der Waals surface area contributed by atoms with Crippen molar-refractivity contribution in [2.24, 2.45) is 5.73 Å². The van der Waals surface area contributed by atoms with Crippen molar-refractivity contribution in [3.05, 3.63) is 24.2 Å². The van der Waals surface area contributed by atoms with Crippen LogP contribution in [0.25, 0.3) is 11.2 Å². The maximum absolute atomic E-state index is 7.66. The van der Waals surface area contributed by atoms with E-state index in [2.05, 4.69) is 15.3 Å². The van der Waals surface area contributed by atoms with Crippen LogP contribution in [0.1, 0.15) is 24.8 Å². The van der Waals surface area contributed by atoms with Gasteiger partial charge in [0.2, 0.25) is 0 Å². The number of fused-ring (bicyclic) bond motifs is 1. The molecule has 3 heterocycles. The van der Waals surface area contributed by atoms with Gasteiger partial charge in [0.25, 0.3) is 0 Å². The van der Waals surface area contributed by atoms with Crippen molar-refractivity contribution in [2.45, 2.75) is 32.0 Å². The Bertz CT molecular complexity index is 631. The molecule has 0 aliphatic carbocycles. The zero-order valence-corrected chi connectivity index (χ0v) is 11.9. The van der Waals surface area contributed by atoms with Crippen molar-refractivity contribution in [1.29, 1.82) is 5.41 Å². The van der Waals surface area contributed by atoms with Gasteiger partial charge < -0.3 is 15.0 Å². The van der Waals surface area contributed by atoms with Gasteiger partial charge in [-0.25, -0.2) is 9.97 Å². The van der Waals surface area contributed by atoms with Crippen LogP contribution < -0.4 is 11.1 Å². The molecular formula is C14H20N6O. The number of amidine groups is 1. The van der Waals surface area contributed by atoms with Crippen LogP contribution in [0.4, 0.5) is 0 Å². The maximum atomic E-state index is 7.66. The average Bonchev–Trinajstić information content (AvgIpc) is 2.91. The van der Waals surface area contributed by atoms with E-state index in [9.17, 15) is 0 Å². The number of ether oxygens (including phenoxy) is 1. The molecule has 0 saturated carbocycles. The summed E-state index contributed by atoms with van der Waals surface area (Å²) in [5.41, 5.74) is 7.69. The number of hydrogen-bond donors (Lipinski definition) is 3. The lowest BCUT2D eigenvalue weighted by atomic mass is 10.1. The van der Waals surface area contributed by atoms with Crippen molar-refractivity contribution < 1.29 is 4.74 Å². The molecule has 7 nitrogen and oxygen atoms in total. The van der Waals surface area contributed by atoms with Gasteiger partial charge in [0.15, 0.2) is 5.65 Å². The first-order chi connectivity index (χ1) is 10.3. The minimum absolute atomic E-state index is 0.0276. The molecule has 3 rings (SSSR count). The monoisotopic (exact) mass is 288 g/mol. The molecule has 0 aromatic carbocycles. The number of aromatic nitrogens is 3. The lowest BCUT2D eigenvalue weighted by Crippen LogP contribution is -2.32. The molecule has 21 heavy (non-hydrogen) atoms. The predicted octanol–water partition coefficient (Wildman–Crippen LogP) is 0.832. The summed E-state index contributed by atoms with van der Waals surface area (Å²) in [6, 6.07) is 1.74. The summed E-state index contributed by atoms with van der Waals surface area (Å²) in [7, 11) is 0. The van der Waals surface area contributed by atoms with Gasteiger partial charge in [-0.3, -0.25) is 10.7 Å². The number of pyridine rings is 1. The van der Waals surface area contributed by atoms with Gasteiger partial charge in [0.05, 0.1) is 24.6 Å². The number of nitrogens with one attached hydrogen (secondary N) is 2. The Morgan fingerprint density at radius 2 is 2.38 bits per heavy atom. The summed E-state index contributed by atoms with van der Waals surface area (Å²) in [5, 5.41) is 11.0. The summed E-state index contributed by atoms with van der Waals surface area (Å²) >= 11 is 0. The highest BCUT2D eigenvalue weighted by Gasteiger charge is 2.14. The molecule has 2 aromatic rings. The van der Waals surface area contributed by atoms with E-state index >= 15 is 0 Å². The Morgan fingerprint density at radius 1 is 1.48 bits per heavy atom. The highest BCUT2D eigenvalue weighted by atomic mass is 16.5. The van der Waals surface area contributed by atoms with Gasteiger partial charge in [-0.05, 0) is 25.3 Å². The van der Waals surface area contributed by atoms with Crippen molar-refractivity contribution in [2.75, 3.05) is 13.2 Å². The first kappa shape index (κ1) is 14.0. The predicted molar refractivity (Wildman–Crippen MR) is 80.1 cm³/mol. The molecule has 1 saturated heterocycles. The van der Waals surface area contributed by atoms with Crippen LogP contribution in [0, 0.1) is 5.41 Å². The topological polar surface area (TPSA) is 102 Å². The molecule has 1 unspecified atom stereocenters. The van der Waals surface area contributed by atoms with E-state index in [-0.39, 0.29) is 5.84 Å². The highest BCUT2D eigenvalue weighted by molar-refractivity contribution is 6.04. The largest absolute Gasteiger partial charge is 0.384 e. The number of nitrogens with two attached hydrogens (primary N) is 1. The Hall–Kier alpha value is -1.99. The van der Waals surface area contributed by atoms with E-state index in [4.69, 9.17) is 15.9 Å². The summed E-state index contributed by atoms with van der Waals surface area (Å²) in [6.45, 7) is 2.27. The summed E-state index contributed by atoms with van der Waals surface area (Å²) in [6.07, 6.45) is 7.14. The van der Waals surface area contributed by atoms with E-state index in [1.807, 2.05) is 4.57 Å². The fraction of sp³-hybridized carbons (Fsp3) is 0.500. The lowest BCUT2D eigenvalue weighted by molar-refractivity contribution is 0.0160. The molecule has 2 aromatic heterocycles. The summed E-state index contributed by atoms with van der Waals surface area (Å²) in [5.74, 6) is 0.0276. The first-order valence-corrected chi connectivity index (χ1v) is 7.22. The zero-order chi connectivity index (χ0) is 14.7. The van der Waals surface area contributed by atoms with Crippen molar-refractivity contribution in [3.63, 3.8) is 0 Å². The fourth-order valence-corrected chi connectivity index (χ4v) is 2.65. The van der Waals surface area contributed by atoms with Crippen LogP contribution >= 0.6 is 0 Å². The second kappa shape index (κ2) is 6.19. The molecular weight excluding hydrogens is 268 g/mol. The van der Waals surface area contributed by atoms with Crippen LogP contribution in [0.15, 0.2) is 18.6 Å². The third kappa shape index (κ3) is 3.03. The Labute approximate surface area is 123 Å². The van der Waals surface area contributed by atoms with Gasteiger partial charge in [-0.2, -0.15) is 0 Å². The number of hydrogen-bond acceptors (Lipinski definition) is 5. The second-order valence-corrected chi connectivity index (χ2v) is 5.26. The number of rotatable bonds is 5. The van der Waals surface area contributed by atoms with Gasteiger partial charge in [-0.1, -0.05) is 0 Å². The zero-order valence-electron chi connectivity index (χ0n) is 11.9. The van der Waals surface area contributed by atoms with E-state index in [0.717, 1.165) is 31.5 Å². The van der Waals surface area contributed by atoms with Crippen molar-refractivity contribution in [3.8, 4) is 0 Å². The normalized spacial score (nSPS) is 19.0. The van der Waals surface area contributed by atoms with Gasteiger partial charge in [-0.15, -0.1) is 0 Å². The third-order valence-corrected chi connectivity index (χ3v) is 3.73. The standard InChI is InChI=1S/C14H20N6O/c15-13(16)11-4-5-18-14-12(11)20(9-19-14)8-17-7-10-3-1-2-6-21-10/h4-5,9-10,17H,1-3,6-8H2,(H3,15,16). The van der Waals surface area contributed by atoms with Crippen LogP contribution in [0.2, 0.25) is 0 Å². The van der Waals surface area contributed by atoms with E-state index < -0.39 is 0 Å². The molecule has 0 amide bonds. The highest BCUT2D eigenvalue weighted by Crippen LogP contribution is 2.15. The van der Waals surface area contributed by atoms with Crippen LogP contribution in [0.5, 0.6) is 0 Å². The van der Waals surface area contributed by atoms with E-state index in [1.165, 1.54) is 6.42 Å². The SMILES string of the molecule is N=C(N)c1ccnc2ncn(CNCC3CCCCO3)c12. The van der Waals surface area contributed by atoms with Crippen molar-refractivity contribution in [1.82, 2.24) is 19.9 Å². The summed E-state index contributed by atoms with van der Waals surface area (Å²) < 4.78 is 7.63. The Kier molecular flexibility index (Phi) is 4.12. The molecule has 112 valence electrons. The minimum Gasteiger partial charge on any atom is -0.384 e. The molecule has 7 heteroatoms. The van der Waals surface area contributed by atoms with Gasteiger partial charge in [0, 0.05) is 24.9 Å².